The minimum Gasteiger partial charge on any atom is -0.464 e. The molecule has 6 heteroatoms. The van der Waals surface area contributed by atoms with Gasteiger partial charge in [0, 0.05) is 4.88 Å². The lowest BCUT2D eigenvalue weighted by atomic mass is 10.2. The third-order valence-electron chi connectivity index (χ3n) is 2.93. The summed E-state index contributed by atoms with van der Waals surface area (Å²) < 4.78 is 4.67. The maximum Gasteiger partial charge on any atom is 0.356 e. The number of methoxy groups -OCH3 is 1. The second-order valence-electron chi connectivity index (χ2n) is 4.25. The van der Waals surface area contributed by atoms with E-state index < -0.39 is 5.97 Å². The van der Waals surface area contributed by atoms with E-state index in [1.807, 2.05) is 11.4 Å². The van der Waals surface area contributed by atoms with Crippen LogP contribution in [0.5, 0.6) is 0 Å². The molecule has 1 atom stereocenters. The fraction of sp³-hybridized carbons (Fsp3) is 0.286. The number of nitrogens with one attached hydrogen (secondary N) is 1. The molecule has 0 bridgehead atoms. The highest BCUT2D eigenvalue weighted by Crippen LogP contribution is 2.28. The number of rotatable bonds is 5. The van der Waals surface area contributed by atoms with Crippen molar-refractivity contribution in [2.45, 2.75) is 19.4 Å². The first kappa shape index (κ1) is 14.3. The normalized spacial score (nSPS) is 11.9. The zero-order valence-electron chi connectivity index (χ0n) is 11.4. The molecule has 5 nitrogen and oxygen atoms in total. The summed E-state index contributed by atoms with van der Waals surface area (Å²) in [4.78, 5) is 17.0. The second kappa shape index (κ2) is 6.38. The molecule has 0 spiro atoms. The Hall–Kier alpha value is -2.08. The van der Waals surface area contributed by atoms with Gasteiger partial charge >= 0.3 is 5.97 Å². The molecule has 0 aliphatic carbocycles. The van der Waals surface area contributed by atoms with Gasteiger partial charge in [0.25, 0.3) is 0 Å². The highest BCUT2D eigenvalue weighted by atomic mass is 32.1. The molecule has 2 heterocycles. The number of hydrogen-bond acceptors (Lipinski definition) is 6. The van der Waals surface area contributed by atoms with Crippen LogP contribution in [0.2, 0.25) is 0 Å². The van der Waals surface area contributed by atoms with E-state index in [1.165, 1.54) is 12.0 Å². The van der Waals surface area contributed by atoms with Gasteiger partial charge in [0.1, 0.15) is 0 Å². The highest BCUT2D eigenvalue weighted by molar-refractivity contribution is 7.10. The fourth-order valence-corrected chi connectivity index (χ4v) is 2.69. The molecule has 2 rings (SSSR count). The third-order valence-corrected chi connectivity index (χ3v) is 3.91. The van der Waals surface area contributed by atoms with Crippen LogP contribution in [0.3, 0.4) is 0 Å². The van der Waals surface area contributed by atoms with Crippen LogP contribution in [0.15, 0.2) is 29.6 Å². The molecule has 3 N–H and O–H groups in total. The maximum atomic E-state index is 11.5. The maximum absolute atomic E-state index is 11.5. The number of hydrogen-bond donors (Lipinski definition) is 2. The van der Waals surface area contributed by atoms with Gasteiger partial charge in [-0.25, -0.2) is 9.78 Å². The standard InChI is InChI=1S/C14H17N3O2S/c1-3-10(12-5-4-8-20-12)16-13-9(15)6-7-11(17-13)14(18)19-2/h4-8,10H,3,15H2,1-2H3,(H,16,17). The van der Waals surface area contributed by atoms with Crippen molar-refractivity contribution in [3.63, 3.8) is 0 Å². The summed E-state index contributed by atoms with van der Waals surface area (Å²) in [5.74, 6) is 0.0328. The van der Waals surface area contributed by atoms with Crippen molar-refractivity contribution in [2.75, 3.05) is 18.2 Å². The van der Waals surface area contributed by atoms with E-state index in [2.05, 4.69) is 28.0 Å². The van der Waals surface area contributed by atoms with Crippen LogP contribution < -0.4 is 11.1 Å². The van der Waals surface area contributed by atoms with Crippen molar-refractivity contribution in [3.8, 4) is 0 Å². The van der Waals surface area contributed by atoms with Crippen molar-refractivity contribution in [1.82, 2.24) is 4.98 Å². The minimum atomic E-state index is -0.475. The SMILES string of the molecule is CCC(Nc1nc(C(=O)OC)ccc1N)c1cccs1. The first-order chi connectivity index (χ1) is 9.65. The highest BCUT2D eigenvalue weighted by Gasteiger charge is 2.15. The summed E-state index contributed by atoms with van der Waals surface area (Å²) in [5, 5.41) is 5.31. The van der Waals surface area contributed by atoms with Crippen molar-refractivity contribution >= 4 is 28.8 Å². The van der Waals surface area contributed by atoms with E-state index in [0.29, 0.717) is 11.5 Å². The zero-order valence-corrected chi connectivity index (χ0v) is 12.2. The fourth-order valence-electron chi connectivity index (χ4n) is 1.83. The van der Waals surface area contributed by atoms with Gasteiger partial charge < -0.3 is 15.8 Å². The van der Waals surface area contributed by atoms with E-state index in [4.69, 9.17) is 5.73 Å². The molecule has 1 unspecified atom stereocenters. The van der Waals surface area contributed by atoms with Gasteiger partial charge in [-0.2, -0.15) is 0 Å². The zero-order chi connectivity index (χ0) is 14.5. The summed E-state index contributed by atoms with van der Waals surface area (Å²) in [6.45, 7) is 2.08. The number of pyridine rings is 1. The first-order valence-corrected chi connectivity index (χ1v) is 7.18. The van der Waals surface area contributed by atoms with Crippen LogP contribution in [0.4, 0.5) is 11.5 Å². The molecule has 0 aromatic carbocycles. The number of nitrogens with two attached hydrogens (primary N) is 1. The van der Waals surface area contributed by atoms with Gasteiger partial charge in [-0.3, -0.25) is 0 Å². The monoisotopic (exact) mass is 291 g/mol. The third kappa shape index (κ3) is 3.08. The van der Waals surface area contributed by atoms with E-state index >= 15 is 0 Å². The van der Waals surface area contributed by atoms with E-state index in [9.17, 15) is 4.79 Å². The Kier molecular flexibility index (Phi) is 4.57. The Morgan fingerprint density at radius 1 is 1.50 bits per heavy atom. The average Bonchev–Trinajstić information content (AvgIpc) is 2.99. The van der Waals surface area contributed by atoms with E-state index in [0.717, 1.165) is 6.42 Å². The van der Waals surface area contributed by atoms with E-state index in [-0.39, 0.29) is 11.7 Å². The topological polar surface area (TPSA) is 77.2 Å². The van der Waals surface area contributed by atoms with Crippen LogP contribution in [0.25, 0.3) is 0 Å². The second-order valence-corrected chi connectivity index (χ2v) is 5.23. The van der Waals surface area contributed by atoms with Gasteiger partial charge in [0.05, 0.1) is 18.8 Å². The van der Waals surface area contributed by atoms with Crippen LogP contribution in [0, 0.1) is 0 Å². The smallest absolute Gasteiger partial charge is 0.356 e. The van der Waals surface area contributed by atoms with Gasteiger partial charge in [0.2, 0.25) is 0 Å². The quantitative estimate of drug-likeness (QED) is 0.828. The lowest BCUT2D eigenvalue weighted by Crippen LogP contribution is -2.13. The summed E-state index contributed by atoms with van der Waals surface area (Å²) in [5.41, 5.74) is 6.66. The largest absolute Gasteiger partial charge is 0.464 e. The summed E-state index contributed by atoms with van der Waals surface area (Å²) in [6.07, 6.45) is 0.893. The van der Waals surface area contributed by atoms with Crippen molar-refractivity contribution in [3.05, 3.63) is 40.2 Å². The van der Waals surface area contributed by atoms with Gasteiger partial charge in [-0.1, -0.05) is 13.0 Å². The lowest BCUT2D eigenvalue weighted by Gasteiger charge is -2.17. The Balaban J connectivity index is 2.25. The molecule has 0 saturated carbocycles. The lowest BCUT2D eigenvalue weighted by molar-refractivity contribution is 0.0594. The predicted octanol–water partition coefficient (Wildman–Crippen LogP) is 3.08. The molecule has 2 aromatic heterocycles. The number of nitrogens with zero attached hydrogens (tertiary/aromatic N) is 1. The van der Waals surface area contributed by atoms with E-state index in [1.54, 1.807) is 23.5 Å². The van der Waals surface area contributed by atoms with Crippen LogP contribution >= 0.6 is 11.3 Å². The van der Waals surface area contributed by atoms with Crippen LogP contribution in [0.1, 0.15) is 34.8 Å². The summed E-state index contributed by atoms with van der Waals surface area (Å²) in [7, 11) is 1.33. The number of ether oxygens (including phenoxy) is 1. The molecular formula is C14H17N3O2S. The molecule has 0 aliphatic rings. The molecule has 0 radical (unpaired) electrons. The number of carbonyl (C=O) groups excluding carboxylic acids is 1. The van der Waals surface area contributed by atoms with Crippen molar-refractivity contribution in [1.29, 1.82) is 0 Å². The predicted molar refractivity (Wildman–Crippen MR) is 81.0 cm³/mol. The number of anilines is 2. The van der Waals surface area contributed by atoms with Gasteiger partial charge in [0.15, 0.2) is 11.5 Å². The molecule has 0 aliphatic heterocycles. The Morgan fingerprint density at radius 3 is 2.90 bits per heavy atom. The van der Waals surface area contributed by atoms with Crippen molar-refractivity contribution in [2.24, 2.45) is 0 Å². The molecule has 0 amide bonds. The molecular weight excluding hydrogens is 274 g/mol. The van der Waals surface area contributed by atoms with Crippen LogP contribution in [-0.4, -0.2) is 18.1 Å². The number of nitrogen functional groups attached to an aromatic ring is 1. The number of thiophene rings is 1. The van der Waals surface area contributed by atoms with Gasteiger partial charge in [-0.15, -0.1) is 11.3 Å². The molecule has 0 saturated heterocycles. The summed E-state index contributed by atoms with van der Waals surface area (Å²) >= 11 is 1.67. The number of carbonyl (C=O) groups is 1. The Bertz CT molecular complexity index is 584. The molecule has 20 heavy (non-hydrogen) atoms. The van der Waals surface area contributed by atoms with Gasteiger partial charge in [-0.05, 0) is 30.0 Å². The molecule has 2 aromatic rings. The number of aromatic nitrogens is 1. The van der Waals surface area contributed by atoms with Crippen LogP contribution in [-0.2, 0) is 4.74 Å². The summed E-state index contributed by atoms with van der Waals surface area (Å²) in [6, 6.07) is 7.40. The minimum absolute atomic E-state index is 0.123. The Labute approximate surface area is 121 Å². The molecule has 106 valence electrons. The first-order valence-electron chi connectivity index (χ1n) is 6.30. The molecule has 0 fully saturated rings. The number of esters is 1. The average molecular weight is 291 g/mol. The Morgan fingerprint density at radius 2 is 2.30 bits per heavy atom. The van der Waals surface area contributed by atoms with Crippen molar-refractivity contribution < 1.29 is 9.53 Å².